The molecule has 0 heterocycles. The summed E-state index contributed by atoms with van der Waals surface area (Å²) < 4.78 is 0. The standard InChI is InChI=1S/C27H44O/c1-17(2)7-6-8-18(3)21-9-10-22-20-15-24(28)27-16-19(27)11-14-26(27,5)23(20)12-13-25(21,22)4/h17-23H,6-16H2,1-5H3/t18-,19-,20-,21+,22-,23-,25+,26+,27-/m0/s1. The van der Waals surface area contributed by atoms with Crippen LogP contribution in [0.15, 0.2) is 0 Å². The van der Waals surface area contributed by atoms with Gasteiger partial charge >= 0.3 is 0 Å². The van der Waals surface area contributed by atoms with E-state index in [4.69, 9.17) is 0 Å². The second-order valence-corrected chi connectivity index (χ2v) is 12.9. The van der Waals surface area contributed by atoms with E-state index in [0.29, 0.717) is 22.5 Å². The quantitative estimate of drug-likeness (QED) is 0.486. The monoisotopic (exact) mass is 384 g/mol. The smallest absolute Gasteiger partial charge is 0.140 e. The van der Waals surface area contributed by atoms with Crippen molar-refractivity contribution in [3.8, 4) is 0 Å². The zero-order valence-electron chi connectivity index (χ0n) is 19.2. The van der Waals surface area contributed by atoms with Crippen molar-refractivity contribution in [2.45, 2.75) is 105 Å². The number of fused-ring (bicyclic) bond motifs is 4. The zero-order valence-corrected chi connectivity index (χ0v) is 19.2. The molecule has 0 unspecified atom stereocenters. The first-order valence-corrected chi connectivity index (χ1v) is 12.8. The molecule has 5 rings (SSSR count). The molecule has 0 radical (unpaired) electrons. The Morgan fingerprint density at radius 2 is 1.75 bits per heavy atom. The largest absolute Gasteiger partial charge is 0.299 e. The molecule has 0 bridgehead atoms. The maximum atomic E-state index is 13.4. The Kier molecular flexibility index (Phi) is 4.44. The lowest BCUT2D eigenvalue weighted by Crippen LogP contribution is -2.55. The van der Waals surface area contributed by atoms with Gasteiger partial charge in [0.05, 0.1) is 0 Å². The van der Waals surface area contributed by atoms with Crippen molar-refractivity contribution < 1.29 is 4.79 Å². The van der Waals surface area contributed by atoms with E-state index in [2.05, 4.69) is 34.6 Å². The highest BCUT2D eigenvalue weighted by molar-refractivity contribution is 5.91. The first-order chi connectivity index (χ1) is 13.2. The Bertz CT molecular complexity index is 651. The van der Waals surface area contributed by atoms with Gasteiger partial charge in [-0.25, -0.2) is 0 Å². The molecule has 1 spiro atoms. The number of carbonyl (C=O) groups is 1. The van der Waals surface area contributed by atoms with Gasteiger partial charge in [-0.1, -0.05) is 53.9 Å². The molecule has 0 aromatic heterocycles. The predicted molar refractivity (Wildman–Crippen MR) is 116 cm³/mol. The SMILES string of the molecule is CC(C)CCC[C@H](C)[C@H]1CC[C@H]2[C@@H]3CC(=O)[C@]45C[C@@H]4CC[C@]5(C)[C@H]3CC[C@]12C. The maximum absolute atomic E-state index is 13.4. The predicted octanol–water partition coefficient (Wildman–Crippen LogP) is 7.29. The molecule has 0 aliphatic heterocycles. The third-order valence-corrected chi connectivity index (χ3v) is 11.5. The molecule has 28 heavy (non-hydrogen) atoms. The van der Waals surface area contributed by atoms with Crippen LogP contribution < -0.4 is 0 Å². The van der Waals surface area contributed by atoms with Crippen LogP contribution in [-0.4, -0.2) is 5.78 Å². The molecule has 0 N–H and O–H groups in total. The van der Waals surface area contributed by atoms with Crippen LogP contribution in [0, 0.1) is 57.7 Å². The third kappa shape index (κ3) is 2.40. The fourth-order valence-corrected chi connectivity index (χ4v) is 10.0. The highest BCUT2D eigenvalue weighted by atomic mass is 16.1. The molecule has 5 saturated carbocycles. The van der Waals surface area contributed by atoms with Gasteiger partial charge in [-0.3, -0.25) is 4.79 Å². The number of hydrogen-bond donors (Lipinski definition) is 0. The summed E-state index contributed by atoms with van der Waals surface area (Å²) in [6.07, 6.45) is 14.8. The van der Waals surface area contributed by atoms with E-state index in [9.17, 15) is 4.79 Å². The molecule has 158 valence electrons. The van der Waals surface area contributed by atoms with Crippen LogP contribution in [0.3, 0.4) is 0 Å². The van der Waals surface area contributed by atoms with Crippen molar-refractivity contribution >= 4 is 5.78 Å². The minimum absolute atomic E-state index is 0.157. The molecule has 0 aromatic rings. The van der Waals surface area contributed by atoms with E-state index in [-0.39, 0.29) is 5.41 Å². The fourth-order valence-electron chi connectivity index (χ4n) is 10.0. The Balaban J connectivity index is 1.35. The summed E-state index contributed by atoms with van der Waals surface area (Å²) in [5.41, 5.74) is 1.03. The van der Waals surface area contributed by atoms with Crippen molar-refractivity contribution in [2.24, 2.45) is 57.7 Å². The van der Waals surface area contributed by atoms with Gasteiger partial charge in [0.2, 0.25) is 0 Å². The van der Waals surface area contributed by atoms with E-state index in [1.165, 1.54) is 64.2 Å². The second kappa shape index (κ2) is 6.34. The Morgan fingerprint density at radius 1 is 0.964 bits per heavy atom. The first-order valence-electron chi connectivity index (χ1n) is 12.8. The average molecular weight is 385 g/mol. The molecule has 0 amide bonds. The fraction of sp³-hybridized carbons (Fsp3) is 0.963. The van der Waals surface area contributed by atoms with Crippen LogP contribution in [0.2, 0.25) is 0 Å². The molecular weight excluding hydrogens is 340 g/mol. The van der Waals surface area contributed by atoms with Gasteiger partial charge in [0.15, 0.2) is 0 Å². The topological polar surface area (TPSA) is 17.1 Å². The number of ketones is 1. The maximum Gasteiger partial charge on any atom is 0.140 e. The molecular formula is C27H44O. The van der Waals surface area contributed by atoms with Crippen molar-refractivity contribution in [2.75, 3.05) is 0 Å². The summed E-state index contributed by atoms with van der Waals surface area (Å²) >= 11 is 0. The summed E-state index contributed by atoms with van der Waals surface area (Å²) in [5.74, 6) is 6.49. The van der Waals surface area contributed by atoms with Crippen LogP contribution in [0.5, 0.6) is 0 Å². The molecule has 5 aliphatic carbocycles. The molecule has 1 nitrogen and oxygen atoms in total. The van der Waals surface area contributed by atoms with Gasteiger partial charge in [0, 0.05) is 11.8 Å². The number of carbonyl (C=O) groups excluding carboxylic acids is 1. The Morgan fingerprint density at radius 3 is 2.46 bits per heavy atom. The minimum Gasteiger partial charge on any atom is -0.299 e. The van der Waals surface area contributed by atoms with E-state index in [0.717, 1.165) is 41.9 Å². The van der Waals surface area contributed by atoms with Crippen LogP contribution in [0.1, 0.15) is 105 Å². The number of hydrogen-bond acceptors (Lipinski definition) is 1. The van der Waals surface area contributed by atoms with Gasteiger partial charge in [-0.15, -0.1) is 0 Å². The molecule has 0 saturated heterocycles. The Hall–Kier alpha value is -0.330. The summed E-state index contributed by atoms with van der Waals surface area (Å²) in [7, 11) is 0. The van der Waals surface area contributed by atoms with Crippen molar-refractivity contribution in [1.29, 1.82) is 0 Å². The number of Topliss-reactive ketones (excluding diaryl/α,β-unsaturated/α-hetero) is 1. The van der Waals surface area contributed by atoms with Crippen molar-refractivity contribution in [1.82, 2.24) is 0 Å². The Labute approximate surface area is 173 Å². The molecule has 5 aliphatic rings. The minimum atomic E-state index is 0.157. The van der Waals surface area contributed by atoms with Gasteiger partial charge in [-0.2, -0.15) is 0 Å². The highest BCUT2D eigenvalue weighted by Crippen LogP contribution is 2.80. The van der Waals surface area contributed by atoms with E-state index < -0.39 is 0 Å². The average Bonchev–Trinajstić information content (AvgIpc) is 3.15. The van der Waals surface area contributed by atoms with E-state index in [1.807, 2.05) is 0 Å². The van der Waals surface area contributed by atoms with Crippen LogP contribution in [0.4, 0.5) is 0 Å². The highest BCUT2D eigenvalue weighted by Gasteiger charge is 2.77. The van der Waals surface area contributed by atoms with Crippen LogP contribution in [0.25, 0.3) is 0 Å². The zero-order chi connectivity index (χ0) is 19.9. The normalized spacial score (nSPS) is 52.8. The van der Waals surface area contributed by atoms with E-state index in [1.54, 1.807) is 0 Å². The molecule has 9 atom stereocenters. The van der Waals surface area contributed by atoms with Gasteiger partial charge in [-0.05, 0) is 97.2 Å². The van der Waals surface area contributed by atoms with Crippen molar-refractivity contribution in [3.63, 3.8) is 0 Å². The summed E-state index contributed by atoms with van der Waals surface area (Å²) in [6.45, 7) is 12.5. The number of rotatable bonds is 5. The summed E-state index contributed by atoms with van der Waals surface area (Å²) in [4.78, 5) is 13.4. The van der Waals surface area contributed by atoms with Gasteiger partial charge in [0.1, 0.15) is 5.78 Å². The lowest BCUT2D eigenvalue weighted by atomic mass is 9.45. The lowest BCUT2D eigenvalue weighted by Gasteiger charge is -2.58. The summed E-state index contributed by atoms with van der Waals surface area (Å²) in [6, 6.07) is 0. The van der Waals surface area contributed by atoms with Gasteiger partial charge < -0.3 is 0 Å². The molecule has 5 fully saturated rings. The summed E-state index contributed by atoms with van der Waals surface area (Å²) in [5, 5.41) is 0. The van der Waals surface area contributed by atoms with E-state index >= 15 is 0 Å². The van der Waals surface area contributed by atoms with Gasteiger partial charge in [0.25, 0.3) is 0 Å². The first kappa shape index (κ1) is 19.6. The lowest BCUT2D eigenvalue weighted by molar-refractivity contribution is -0.151. The van der Waals surface area contributed by atoms with Crippen LogP contribution >= 0.6 is 0 Å². The third-order valence-electron chi connectivity index (χ3n) is 11.5. The molecule has 1 heteroatoms. The van der Waals surface area contributed by atoms with Crippen molar-refractivity contribution in [3.05, 3.63) is 0 Å². The van der Waals surface area contributed by atoms with Crippen LogP contribution in [-0.2, 0) is 4.79 Å². The second-order valence-electron chi connectivity index (χ2n) is 12.9. The molecule has 0 aromatic carbocycles.